The zero-order valence-electron chi connectivity index (χ0n) is 10.8. The first-order valence-corrected chi connectivity index (χ1v) is 6.21. The molecular formula is C14H15NO4. The molecule has 0 radical (unpaired) electrons. The van der Waals surface area contributed by atoms with E-state index in [0.29, 0.717) is 24.7 Å². The van der Waals surface area contributed by atoms with E-state index in [2.05, 4.69) is 4.98 Å². The molecule has 0 amide bonds. The van der Waals surface area contributed by atoms with Crippen LogP contribution in [0.2, 0.25) is 0 Å². The Balaban J connectivity index is 2.08. The van der Waals surface area contributed by atoms with Crippen LogP contribution in [0.1, 0.15) is 18.4 Å². The van der Waals surface area contributed by atoms with Gasteiger partial charge >= 0.3 is 5.97 Å². The lowest BCUT2D eigenvalue weighted by atomic mass is 9.69. The highest BCUT2D eigenvalue weighted by Gasteiger charge is 2.48. The Labute approximate surface area is 110 Å². The van der Waals surface area contributed by atoms with Gasteiger partial charge in [0.1, 0.15) is 5.52 Å². The summed E-state index contributed by atoms with van der Waals surface area (Å²) in [5.74, 6) is -0.697. The number of nitrogens with zero attached hydrogens (tertiary/aromatic N) is 1. The van der Waals surface area contributed by atoms with Crippen LogP contribution in [0.15, 0.2) is 22.6 Å². The molecule has 1 atom stereocenters. The Morgan fingerprint density at radius 3 is 2.79 bits per heavy atom. The molecule has 2 heterocycles. The Morgan fingerprint density at radius 2 is 2.21 bits per heavy atom. The van der Waals surface area contributed by atoms with Gasteiger partial charge in [-0.05, 0) is 17.7 Å². The molecule has 1 aromatic heterocycles. The van der Waals surface area contributed by atoms with Gasteiger partial charge in [-0.1, -0.05) is 13.0 Å². The molecule has 1 fully saturated rings. The third kappa shape index (κ3) is 1.73. The maximum absolute atomic E-state index is 11.3. The number of oxazole rings is 1. The van der Waals surface area contributed by atoms with Crippen LogP contribution in [0.5, 0.6) is 0 Å². The van der Waals surface area contributed by atoms with Gasteiger partial charge in [0, 0.05) is 6.92 Å². The summed E-state index contributed by atoms with van der Waals surface area (Å²) in [5, 5.41) is 9.27. The highest BCUT2D eigenvalue weighted by atomic mass is 16.5. The van der Waals surface area contributed by atoms with Crippen molar-refractivity contribution < 1.29 is 19.1 Å². The monoisotopic (exact) mass is 261 g/mol. The molecule has 1 aliphatic heterocycles. The highest BCUT2D eigenvalue weighted by Crippen LogP contribution is 2.40. The molecule has 0 aliphatic carbocycles. The molecule has 5 heteroatoms. The molecule has 0 saturated carbocycles. The van der Waals surface area contributed by atoms with Crippen molar-refractivity contribution >= 4 is 17.1 Å². The third-order valence-corrected chi connectivity index (χ3v) is 3.99. The molecule has 1 unspecified atom stereocenters. The molecule has 1 N–H and O–H groups in total. The molecule has 100 valence electrons. The lowest BCUT2D eigenvalue weighted by Crippen LogP contribution is -2.53. The quantitative estimate of drug-likeness (QED) is 0.916. The summed E-state index contributed by atoms with van der Waals surface area (Å²) in [6.07, 6.45) is 0. The SMILES string of the molecule is Cc1nc2ccc(C3(C(C)C(=O)O)COC3)cc2o1. The van der Waals surface area contributed by atoms with Crippen molar-refractivity contribution in [1.82, 2.24) is 4.98 Å². The molecule has 1 aromatic carbocycles. The number of hydrogen-bond donors (Lipinski definition) is 1. The molecule has 5 nitrogen and oxygen atoms in total. The zero-order valence-corrected chi connectivity index (χ0v) is 10.8. The predicted molar refractivity (Wildman–Crippen MR) is 68.0 cm³/mol. The van der Waals surface area contributed by atoms with E-state index in [1.807, 2.05) is 18.2 Å². The topological polar surface area (TPSA) is 72.6 Å². The van der Waals surface area contributed by atoms with Gasteiger partial charge in [-0.2, -0.15) is 0 Å². The van der Waals surface area contributed by atoms with E-state index < -0.39 is 17.3 Å². The normalized spacial score (nSPS) is 19.1. The Hall–Kier alpha value is -1.88. The lowest BCUT2D eigenvalue weighted by Gasteiger charge is -2.44. The van der Waals surface area contributed by atoms with Crippen LogP contribution >= 0.6 is 0 Å². The minimum atomic E-state index is -0.808. The molecule has 3 rings (SSSR count). The summed E-state index contributed by atoms with van der Waals surface area (Å²) in [4.78, 5) is 15.5. The summed E-state index contributed by atoms with van der Waals surface area (Å²) in [6, 6.07) is 5.68. The van der Waals surface area contributed by atoms with Crippen LogP contribution in [0.3, 0.4) is 0 Å². The number of hydrogen-bond acceptors (Lipinski definition) is 4. The van der Waals surface area contributed by atoms with Crippen LogP contribution in [0.25, 0.3) is 11.1 Å². The van der Waals surface area contributed by atoms with E-state index in [4.69, 9.17) is 9.15 Å². The highest BCUT2D eigenvalue weighted by molar-refractivity contribution is 5.76. The number of carboxylic acids is 1. The van der Waals surface area contributed by atoms with E-state index in [9.17, 15) is 9.90 Å². The third-order valence-electron chi connectivity index (χ3n) is 3.99. The fourth-order valence-corrected chi connectivity index (χ4v) is 2.57. The number of aliphatic carboxylic acids is 1. The maximum Gasteiger partial charge on any atom is 0.307 e. The predicted octanol–water partition coefficient (Wildman–Crippen LogP) is 2.12. The number of carboxylic acid groups (broad SMARTS) is 1. The average molecular weight is 261 g/mol. The second-order valence-electron chi connectivity index (χ2n) is 5.12. The fourth-order valence-electron chi connectivity index (χ4n) is 2.57. The van der Waals surface area contributed by atoms with Crippen molar-refractivity contribution in [2.24, 2.45) is 5.92 Å². The lowest BCUT2D eigenvalue weighted by molar-refractivity contribution is -0.155. The second kappa shape index (κ2) is 4.06. The molecule has 1 saturated heterocycles. The second-order valence-corrected chi connectivity index (χ2v) is 5.12. The standard InChI is InChI=1S/C14H15NO4/c1-8(13(16)17)14(6-18-7-14)10-3-4-11-12(5-10)19-9(2)15-11/h3-5,8H,6-7H2,1-2H3,(H,16,17). The zero-order chi connectivity index (χ0) is 13.6. The van der Waals surface area contributed by atoms with Gasteiger partial charge in [-0.25, -0.2) is 4.98 Å². The number of carbonyl (C=O) groups is 1. The smallest absolute Gasteiger partial charge is 0.307 e. The average Bonchev–Trinajstić information content (AvgIpc) is 2.66. The molecule has 1 aliphatic rings. The summed E-state index contributed by atoms with van der Waals surface area (Å²) < 4.78 is 10.8. The Bertz CT molecular complexity index is 642. The van der Waals surface area contributed by atoms with Crippen molar-refractivity contribution in [3.8, 4) is 0 Å². The minimum absolute atomic E-state index is 0.430. The van der Waals surface area contributed by atoms with Crippen molar-refractivity contribution in [2.75, 3.05) is 13.2 Å². The minimum Gasteiger partial charge on any atom is -0.481 e. The van der Waals surface area contributed by atoms with Crippen molar-refractivity contribution in [1.29, 1.82) is 0 Å². The number of aryl methyl sites for hydroxylation is 1. The summed E-state index contributed by atoms with van der Waals surface area (Å²) >= 11 is 0. The van der Waals surface area contributed by atoms with Gasteiger partial charge in [-0.15, -0.1) is 0 Å². The van der Waals surface area contributed by atoms with Gasteiger partial charge in [-0.3, -0.25) is 4.79 Å². The number of rotatable bonds is 3. The van der Waals surface area contributed by atoms with E-state index in [1.165, 1.54) is 0 Å². The van der Waals surface area contributed by atoms with Gasteiger partial charge in [0.25, 0.3) is 0 Å². The van der Waals surface area contributed by atoms with E-state index in [0.717, 1.165) is 11.1 Å². The van der Waals surface area contributed by atoms with E-state index >= 15 is 0 Å². The molecule has 19 heavy (non-hydrogen) atoms. The first-order valence-electron chi connectivity index (χ1n) is 6.21. The number of ether oxygens (including phenoxy) is 1. The van der Waals surface area contributed by atoms with Crippen molar-refractivity contribution in [3.05, 3.63) is 29.7 Å². The summed E-state index contributed by atoms with van der Waals surface area (Å²) in [7, 11) is 0. The molecular weight excluding hydrogens is 246 g/mol. The van der Waals surface area contributed by atoms with E-state index in [-0.39, 0.29) is 0 Å². The molecule has 2 aromatic rings. The van der Waals surface area contributed by atoms with Crippen LogP contribution in [0, 0.1) is 12.8 Å². The molecule has 0 bridgehead atoms. The van der Waals surface area contributed by atoms with Crippen LogP contribution in [-0.2, 0) is 14.9 Å². The van der Waals surface area contributed by atoms with Gasteiger partial charge in [0.2, 0.25) is 0 Å². The number of benzene rings is 1. The number of aromatic nitrogens is 1. The van der Waals surface area contributed by atoms with E-state index in [1.54, 1.807) is 13.8 Å². The first kappa shape index (κ1) is 12.2. The number of fused-ring (bicyclic) bond motifs is 1. The first-order chi connectivity index (χ1) is 9.03. The van der Waals surface area contributed by atoms with Crippen LogP contribution in [0.4, 0.5) is 0 Å². The Morgan fingerprint density at radius 1 is 1.47 bits per heavy atom. The summed E-state index contributed by atoms with van der Waals surface area (Å²) in [5.41, 5.74) is 1.97. The van der Waals surface area contributed by atoms with Gasteiger partial charge in [0.05, 0.1) is 24.5 Å². The fraction of sp³-hybridized carbons (Fsp3) is 0.429. The Kier molecular flexibility index (Phi) is 2.60. The largest absolute Gasteiger partial charge is 0.481 e. The maximum atomic E-state index is 11.3. The molecule has 0 spiro atoms. The van der Waals surface area contributed by atoms with Crippen LogP contribution < -0.4 is 0 Å². The van der Waals surface area contributed by atoms with Gasteiger partial charge in [0.15, 0.2) is 11.5 Å². The van der Waals surface area contributed by atoms with Crippen molar-refractivity contribution in [2.45, 2.75) is 19.3 Å². The van der Waals surface area contributed by atoms with Gasteiger partial charge < -0.3 is 14.3 Å². The summed E-state index contributed by atoms with van der Waals surface area (Å²) in [6.45, 7) is 4.38. The van der Waals surface area contributed by atoms with Crippen molar-refractivity contribution in [3.63, 3.8) is 0 Å². The van der Waals surface area contributed by atoms with Crippen LogP contribution in [-0.4, -0.2) is 29.3 Å².